The number of methoxy groups -OCH3 is 1. The van der Waals surface area contributed by atoms with Crippen LogP contribution in [0.15, 0.2) is 45.9 Å². The average molecular weight is 473 g/mol. The summed E-state index contributed by atoms with van der Waals surface area (Å²) in [6, 6.07) is 6.98. The van der Waals surface area contributed by atoms with Crippen molar-refractivity contribution in [3.05, 3.63) is 61.6 Å². The van der Waals surface area contributed by atoms with E-state index in [0.717, 1.165) is 5.56 Å². The van der Waals surface area contributed by atoms with Crippen LogP contribution in [0.2, 0.25) is 0 Å². The van der Waals surface area contributed by atoms with Gasteiger partial charge in [-0.1, -0.05) is 11.3 Å². The van der Waals surface area contributed by atoms with E-state index in [4.69, 9.17) is 9.47 Å². The summed E-state index contributed by atoms with van der Waals surface area (Å²) in [5.74, 6) is 0.660. The summed E-state index contributed by atoms with van der Waals surface area (Å²) in [7, 11) is 1.47. The summed E-state index contributed by atoms with van der Waals surface area (Å²) in [5.41, 5.74) is 1.22. The molecule has 4 rings (SSSR count). The molecule has 0 aliphatic heterocycles. The topological polar surface area (TPSA) is 95.7 Å². The predicted molar refractivity (Wildman–Crippen MR) is 111 cm³/mol. The van der Waals surface area contributed by atoms with Gasteiger partial charge in [0.15, 0.2) is 17.3 Å². The minimum absolute atomic E-state index is 0.267. The molecule has 29 heavy (non-hydrogen) atoms. The van der Waals surface area contributed by atoms with Crippen molar-refractivity contribution < 1.29 is 14.3 Å². The Labute approximate surface area is 176 Å². The summed E-state index contributed by atoms with van der Waals surface area (Å²) in [6.07, 6.45) is 5.00. The van der Waals surface area contributed by atoms with Gasteiger partial charge < -0.3 is 9.47 Å². The monoisotopic (exact) mass is 472 g/mol. The number of pyridine rings is 1. The number of hydrogen-bond donors (Lipinski definition) is 0. The van der Waals surface area contributed by atoms with E-state index in [1.807, 2.05) is 0 Å². The van der Waals surface area contributed by atoms with Crippen LogP contribution in [0.25, 0.3) is 22.4 Å². The van der Waals surface area contributed by atoms with Crippen LogP contribution in [-0.2, 0) is 4.79 Å². The zero-order valence-electron chi connectivity index (χ0n) is 15.2. The molecule has 10 heteroatoms. The van der Waals surface area contributed by atoms with Gasteiger partial charge in [-0.2, -0.15) is 9.50 Å². The average Bonchev–Trinajstić information content (AvgIpc) is 3.24. The number of ether oxygens (including phenoxy) is 2. The Balaban J connectivity index is 1.78. The SMILES string of the molecule is COc1cc(/C=c2\sc3nc(-c4ccncc4)nn3c2=O)cc(Br)c1OC(C)=O. The molecule has 0 saturated heterocycles. The lowest BCUT2D eigenvalue weighted by Gasteiger charge is -2.10. The Kier molecular flexibility index (Phi) is 5.12. The van der Waals surface area contributed by atoms with Crippen LogP contribution in [0, 0.1) is 0 Å². The molecule has 0 aliphatic rings. The number of fused-ring (bicyclic) bond motifs is 1. The molecule has 0 unspecified atom stereocenters. The van der Waals surface area contributed by atoms with E-state index >= 15 is 0 Å². The number of thiazole rings is 1. The lowest BCUT2D eigenvalue weighted by atomic mass is 10.2. The third-order valence-corrected chi connectivity index (χ3v) is 5.46. The van der Waals surface area contributed by atoms with Gasteiger partial charge in [-0.3, -0.25) is 14.6 Å². The molecule has 3 heterocycles. The second-order valence-electron chi connectivity index (χ2n) is 5.91. The van der Waals surface area contributed by atoms with Crippen molar-refractivity contribution in [1.29, 1.82) is 0 Å². The largest absolute Gasteiger partial charge is 0.493 e. The van der Waals surface area contributed by atoms with Crippen LogP contribution in [0.3, 0.4) is 0 Å². The first-order chi connectivity index (χ1) is 14.0. The van der Waals surface area contributed by atoms with Crippen LogP contribution in [0.4, 0.5) is 0 Å². The molecular formula is C19H13BrN4O4S. The van der Waals surface area contributed by atoms with Crippen molar-refractivity contribution in [1.82, 2.24) is 19.6 Å². The fourth-order valence-electron chi connectivity index (χ4n) is 2.67. The third-order valence-electron chi connectivity index (χ3n) is 3.92. The van der Waals surface area contributed by atoms with Gasteiger partial charge in [-0.05, 0) is 51.8 Å². The highest BCUT2D eigenvalue weighted by atomic mass is 79.9. The van der Waals surface area contributed by atoms with Crippen LogP contribution in [0.1, 0.15) is 12.5 Å². The van der Waals surface area contributed by atoms with E-state index in [-0.39, 0.29) is 11.3 Å². The second-order valence-corrected chi connectivity index (χ2v) is 7.77. The number of aromatic nitrogens is 4. The first kappa shape index (κ1) is 19.2. The number of esters is 1. The Morgan fingerprint density at radius 3 is 2.69 bits per heavy atom. The van der Waals surface area contributed by atoms with Crippen molar-refractivity contribution in [2.45, 2.75) is 6.92 Å². The highest BCUT2D eigenvalue weighted by molar-refractivity contribution is 9.10. The van der Waals surface area contributed by atoms with Crippen LogP contribution >= 0.6 is 27.3 Å². The molecular weight excluding hydrogens is 460 g/mol. The quantitative estimate of drug-likeness (QED) is 0.332. The van der Waals surface area contributed by atoms with Crippen molar-refractivity contribution >= 4 is 44.3 Å². The van der Waals surface area contributed by atoms with Gasteiger partial charge in [-0.25, -0.2) is 0 Å². The van der Waals surface area contributed by atoms with Crippen molar-refractivity contribution in [3.8, 4) is 22.9 Å². The summed E-state index contributed by atoms with van der Waals surface area (Å²) < 4.78 is 12.8. The Morgan fingerprint density at radius 1 is 1.28 bits per heavy atom. The number of benzene rings is 1. The zero-order valence-corrected chi connectivity index (χ0v) is 17.7. The fourth-order valence-corrected chi connectivity index (χ4v) is 4.12. The zero-order chi connectivity index (χ0) is 20.5. The number of nitrogens with zero attached hydrogens (tertiary/aromatic N) is 4. The minimum atomic E-state index is -0.460. The van der Waals surface area contributed by atoms with E-state index < -0.39 is 5.97 Å². The molecule has 0 amide bonds. The Morgan fingerprint density at radius 2 is 2.03 bits per heavy atom. The first-order valence-corrected chi connectivity index (χ1v) is 9.95. The normalized spacial score (nSPS) is 11.8. The number of carbonyl (C=O) groups excluding carboxylic acids is 1. The molecule has 8 nitrogen and oxygen atoms in total. The predicted octanol–water partition coefficient (Wildman–Crippen LogP) is 2.46. The number of hydrogen-bond acceptors (Lipinski definition) is 8. The molecule has 0 radical (unpaired) electrons. The lowest BCUT2D eigenvalue weighted by molar-refractivity contribution is -0.132. The van der Waals surface area contributed by atoms with E-state index in [1.54, 1.807) is 42.7 Å². The second kappa shape index (κ2) is 7.72. The Hall–Kier alpha value is -3.11. The van der Waals surface area contributed by atoms with Crippen molar-refractivity contribution in [3.63, 3.8) is 0 Å². The van der Waals surface area contributed by atoms with Gasteiger partial charge in [0.25, 0.3) is 5.56 Å². The van der Waals surface area contributed by atoms with Crippen LogP contribution in [-0.4, -0.2) is 32.7 Å². The first-order valence-electron chi connectivity index (χ1n) is 8.34. The molecule has 0 atom stereocenters. The minimum Gasteiger partial charge on any atom is -0.493 e. The number of carbonyl (C=O) groups is 1. The van der Waals surface area contributed by atoms with Gasteiger partial charge in [0.05, 0.1) is 16.1 Å². The van der Waals surface area contributed by atoms with E-state index in [9.17, 15) is 9.59 Å². The van der Waals surface area contributed by atoms with Gasteiger partial charge >= 0.3 is 5.97 Å². The van der Waals surface area contributed by atoms with E-state index in [2.05, 4.69) is 31.0 Å². The van der Waals surface area contributed by atoms with Gasteiger partial charge in [0.1, 0.15) is 0 Å². The van der Waals surface area contributed by atoms with E-state index in [0.29, 0.717) is 31.1 Å². The molecule has 146 valence electrons. The third kappa shape index (κ3) is 3.76. The maximum atomic E-state index is 12.7. The van der Waals surface area contributed by atoms with Gasteiger partial charge in [0.2, 0.25) is 4.96 Å². The Bertz CT molecular complexity index is 1330. The maximum absolute atomic E-state index is 12.7. The lowest BCUT2D eigenvalue weighted by Crippen LogP contribution is -2.23. The van der Waals surface area contributed by atoms with Gasteiger partial charge in [0, 0.05) is 24.9 Å². The summed E-state index contributed by atoms with van der Waals surface area (Å²) in [6.45, 7) is 1.31. The van der Waals surface area contributed by atoms with Crippen molar-refractivity contribution in [2.24, 2.45) is 0 Å². The van der Waals surface area contributed by atoms with E-state index in [1.165, 1.54) is 29.9 Å². The molecule has 3 aromatic heterocycles. The molecule has 1 aromatic carbocycles. The van der Waals surface area contributed by atoms with Gasteiger partial charge in [-0.15, -0.1) is 5.10 Å². The maximum Gasteiger partial charge on any atom is 0.308 e. The molecule has 0 fully saturated rings. The number of rotatable bonds is 4. The molecule has 0 bridgehead atoms. The fraction of sp³-hybridized carbons (Fsp3) is 0.105. The highest BCUT2D eigenvalue weighted by Crippen LogP contribution is 2.37. The molecule has 0 N–H and O–H groups in total. The summed E-state index contributed by atoms with van der Waals surface area (Å²) >= 11 is 4.61. The molecule has 0 aliphatic carbocycles. The van der Waals surface area contributed by atoms with Crippen LogP contribution < -0.4 is 19.6 Å². The van der Waals surface area contributed by atoms with Crippen LogP contribution in [0.5, 0.6) is 11.5 Å². The van der Waals surface area contributed by atoms with Crippen molar-refractivity contribution in [2.75, 3.05) is 7.11 Å². The standard InChI is InChI=1S/C19H13BrN4O4S/c1-10(25)28-16-13(20)7-11(8-14(16)27-2)9-15-18(26)24-19(29-15)22-17(23-24)12-3-5-21-6-4-12/h3-9H,1-2H3/b15-9-. The smallest absolute Gasteiger partial charge is 0.308 e. The highest BCUT2D eigenvalue weighted by Gasteiger charge is 2.15. The molecule has 0 spiro atoms. The molecule has 4 aromatic rings. The number of halogens is 1. The molecule has 0 saturated carbocycles. The summed E-state index contributed by atoms with van der Waals surface area (Å²) in [4.78, 5) is 32.9. The summed E-state index contributed by atoms with van der Waals surface area (Å²) in [5, 5.41) is 4.31.